The minimum atomic E-state index is -0.628. The summed E-state index contributed by atoms with van der Waals surface area (Å²) >= 11 is 0. The molecule has 0 saturated heterocycles. The van der Waals surface area contributed by atoms with Crippen LogP contribution in [0.15, 0.2) is 79.0 Å². The minimum absolute atomic E-state index is 0.103. The van der Waals surface area contributed by atoms with Crippen LogP contribution in [0.5, 0.6) is 5.75 Å². The maximum atomic E-state index is 13.7. The zero-order valence-corrected chi connectivity index (χ0v) is 17.2. The Morgan fingerprint density at radius 2 is 1.68 bits per heavy atom. The highest BCUT2D eigenvalue weighted by atomic mass is 16.5. The fourth-order valence-electron chi connectivity index (χ4n) is 3.60. The molecule has 31 heavy (non-hydrogen) atoms. The maximum absolute atomic E-state index is 13.7. The largest absolute Gasteiger partial charge is 0.495 e. The second-order valence-corrected chi connectivity index (χ2v) is 7.01. The molecule has 156 valence electrons. The number of carbonyl (C=O) groups excluding carboxylic acids is 2. The van der Waals surface area contributed by atoms with Gasteiger partial charge in [0, 0.05) is 22.7 Å². The van der Waals surface area contributed by atoms with E-state index in [0.29, 0.717) is 22.4 Å². The van der Waals surface area contributed by atoms with Crippen LogP contribution in [0.3, 0.4) is 0 Å². The van der Waals surface area contributed by atoms with Crippen LogP contribution >= 0.6 is 0 Å². The van der Waals surface area contributed by atoms with Crippen LogP contribution in [-0.4, -0.2) is 31.0 Å². The van der Waals surface area contributed by atoms with Gasteiger partial charge in [-0.15, -0.1) is 0 Å². The summed E-state index contributed by atoms with van der Waals surface area (Å²) in [7, 11) is 2.93. The Balaban J connectivity index is 1.75. The van der Waals surface area contributed by atoms with Crippen LogP contribution in [0.2, 0.25) is 0 Å². The highest BCUT2D eigenvalue weighted by Gasteiger charge is 2.25. The van der Waals surface area contributed by atoms with E-state index in [0.717, 1.165) is 16.6 Å². The molecule has 6 nitrogen and oxygen atoms in total. The maximum Gasteiger partial charge on any atom is 0.337 e. The molecular formula is C25H22N2O4. The van der Waals surface area contributed by atoms with E-state index in [1.807, 2.05) is 54.6 Å². The van der Waals surface area contributed by atoms with Crippen molar-refractivity contribution in [1.82, 2.24) is 4.98 Å². The Morgan fingerprint density at radius 1 is 0.935 bits per heavy atom. The molecule has 1 aromatic heterocycles. The van der Waals surface area contributed by atoms with Gasteiger partial charge in [0.25, 0.3) is 0 Å². The smallest absolute Gasteiger partial charge is 0.337 e. The van der Waals surface area contributed by atoms with Crippen molar-refractivity contribution < 1.29 is 19.1 Å². The van der Waals surface area contributed by atoms with Gasteiger partial charge in [-0.3, -0.25) is 4.79 Å². The van der Waals surface area contributed by atoms with Gasteiger partial charge in [0.1, 0.15) is 11.8 Å². The van der Waals surface area contributed by atoms with Gasteiger partial charge < -0.3 is 19.8 Å². The predicted molar refractivity (Wildman–Crippen MR) is 120 cm³/mol. The second-order valence-electron chi connectivity index (χ2n) is 7.01. The number of anilines is 1. The van der Waals surface area contributed by atoms with Crippen molar-refractivity contribution >= 4 is 28.3 Å². The first kappa shape index (κ1) is 20.2. The summed E-state index contributed by atoms with van der Waals surface area (Å²) < 4.78 is 10.2. The van der Waals surface area contributed by atoms with Crippen LogP contribution in [0.1, 0.15) is 32.3 Å². The standard InChI is InChI=1S/C25H22N2O4/c1-30-22-11-7-6-10-20(22)27-23(16-8-4-3-5-9-16)24(28)19-15-26-21-14-17(25(29)31-2)12-13-18(19)21/h3-15,23,26-27H,1-2H3. The monoisotopic (exact) mass is 414 g/mol. The van der Waals surface area contributed by atoms with Crippen LogP contribution in [0, 0.1) is 0 Å². The van der Waals surface area contributed by atoms with E-state index in [9.17, 15) is 9.59 Å². The molecular weight excluding hydrogens is 392 g/mol. The van der Waals surface area contributed by atoms with E-state index in [1.165, 1.54) is 7.11 Å². The molecule has 0 aliphatic rings. The van der Waals surface area contributed by atoms with Gasteiger partial charge in [-0.2, -0.15) is 0 Å². The lowest BCUT2D eigenvalue weighted by Crippen LogP contribution is -2.21. The molecule has 1 atom stereocenters. The molecule has 0 aliphatic carbocycles. The summed E-state index contributed by atoms with van der Waals surface area (Å²) in [5.41, 5.74) is 3.19. The zero-order chi connectivity index (χ0) is 21.8. The minimum Gasteiger partial charge on any atom is -0.495 e. The van der Waals surface area contributed by atoms with Crippen molar-refractivity contribution in [2.45, 2.75) is 6.04 Å². The van der Waals surface area contributed by atoms with Gasteiger partial charge in [0.15, 0.2) is 5.78 Å². The van der Waals surface area contributed by atoms with Gasteiger partial charge in [-0.05, 0) is 29.8 Å². The number of aromatic amines is 1. The van der Waals surface area contributed by atoms with Crippen LogP contribution in [0.4, 0.5) is 5.69 Å². The molecule has 4 aromatic rings. The Morgan fingerprint density at radius 3 is 2.42 bits per heavy atom. The van der Waals surface area contributed by atoms with Gasteiger partial charge >= 0.3 is 5.97 Å². The van der Waals surface area contributed by atoms with Crippen molar-refractivity contribution in [1.29, 1.82) is 0 Å². The number of ether oxygens (including phenoxy) is 2. The number of hydrogen-bond acceptors (Lipinski definition) is 5. The van der Waals surface area contributed by atoms with Gasteiger partial charge in [0.05, 0.1) is 25.5 Å². The van der Waals surface area contributed by atoms with Crippen molar-refractivity contribution in [3.05, 3.63) is 95.7 Å². The second kappa shape index (κ2) is 8.75. The predicted octanol–water partition coefficient (Wildman–Crippen LogP) is 5.00. The van der Waals surface area contributed by atoms with Crippen molar-refractivity contribution in [2.75, 3.05) is 19.5 Å². The average molecular weight is 414 g/mol. The van der Waals surface area contributed by atoms with Crippen molar-refractivity contribution in [3.8, 4) is 5.75 Å². The van der Waals surface area contributed by atoms with Gasteiger partial charge in [-0.1, -0.05) is 48.5 Å². The number of Topliss-reactive ketones (excluding diaryl/α,β-unsaturated/α-hetero) is 1. The van der Waals surface area contributed by atoms with E-state index < -0.39 is 12.0 Å². The van der Waals surface area contributed by atoms with Crippen LogP contribution in [-0.2, 0) is 4.74 Å². The fraction of sp³-hybridized carbons (Fsp3) is 0.120. The van der Waals surface area contributed by atoms with E-state index >= 15 is 0 Å². The molecule has 2 N–H and O–H groups in total. The van der Waals surface area contributed by atoms with E-state index in [2.05, 4.69) is 10.3 Å². The molecule has 0 bridgehead atoms. The summed E-state index contributed by atoms with van der Waals surface area (Å²) in [6.45, 7) is 0. The molecule has 3 aromatic carbocycles. The molecule has 0 fully saturated rings. The molecule has 0 aliphatic heterocycles. The number of carbonyl (C=O) groups is 2. The lowest BCUT2D eigenvalue weighted by Gasteiger charge is -2.20. The SMILES string of the molecule is COC(=O)c1ccc2c(C(=O)C(Nc3ccccc3OC)c3ccccc3)c[nH]c2c1. The van der Waals surface area contributed by atoms with Crippen molar-refractivity contribution in [2.24, 2.45) is 0 Å². The molecule has 0 saturated carbocycles. The molecule has 4 rings (SSSR count). The number of hydrogen-bond donors (Lipinski definition) is 2. The Labute approximate surface area is 179 Å². The van der Waals surface area contributed by atoms with Gasteiger partial charge in [0.2, 0.25) is 0 Å². The van der Waals surface area contributed by atoms with Crippen LogP contribution in [0.25, 0.3) is 10.9 Å². The Bertz CT molecular complexity index is 1230. The number of ketones is 1. The zero-order valence-electron chi connectivity index (χ0n) is 17.2. The summed E-state index contributed by atoms with van der Waals surface area (Å²) in [5.74, 6) is 0.122. The number of fused-ring (bicyclic) bond motifs is 1. The first-order valence-electron chi connectivity index (χ1n) is 9.80. The number of H-pyrrole nitrogens is 1. The summed E-state index contributed by atoms with van der Waals surface area (Å²) in [6, 6.07) is 21.5. The Hall–Kier alpha value is -4.06. The molecule has 0 radical (unpaired) electrons. The van der Waals surface area contributed by atoms with E-state index in [-0.39, 0.29) is 5.78 Å². The van der Waals surface area contributed by atoms with Gasteiger partial charge in [-0.25, -0.2) is 4.79 Å². The lowest BCUT2D eigenvalue weighted by molar-refractivity contribution is 0.0600. The third-order valence-electron chi connectivity index (χ3n) is 5.17. The average Bonchev–Trinajstić information content (AvgIpc) is 3.25. The highest BCUT2D eigenvalue weighted by Crippen LogP contribution is 2.31. The third-order valence-corrected chi connectivity index (χ3v) is 5.17. The lowest BCUT2D eigenvalue weighted by atomic mass is 9.96. The molecule has 1 heterocycles. The third kappa shape index (κ3) is 4.00. The molecule has 1 unspecified atom stereocenters. The number of benzene rings is 3. The topological polar surface area (TPSA) is 80.4 Å². The summed E-state index contributed by atoms with van der Waals surface area (Å²) in [5, 5.41) is 4.08. The normalized spacial score (nSPS) is 11.7. The number of rotatable bonds is 7. The van der Waals surface area contributed by atoms with Crippen LogP contribution < -0.4 is 10.1 Å². The first-order chi connectivity index (χ1) is 15.1. The highest BCUT2D eigenvalue weighted by molar-refractivity contribution is 6.12. The number of aromatic nitrogens is 1. The van der Waals surface area contributed by atoms with E-state index in [1.54, 1.807) is 31.5 Å². The van der Waals surface area contributed by atoms with Crippen molar-refractivity contribution in [3.63, 3.8) is 0 Å². The number of nitrogens with one attached hydrogen (secondary N) is 2. The molecule has 0 spiro atoms. The first-order valence-corrected chi connectivity index (χ1v) is 9.80. The summed E-state index contributed by atoms with van der Waals surface area (Å²) in [6.07, 6.45) is 1.67. The summed E-state index contributed by atoms with van der Waals surface area (Å²) in [4.78, 5) is 28.6. The quantitative estimate of drug-likeness (QED) is 0.329. The number of methoxy groups -OCH3 is 2. The number of para-hydroxylation sites is 2. The van der Waals surface area contributed by atoms with E-state index in [4.69, 9.17) is 9.47 Å². The Kier molecular flexibility index (Phi) is 5.71. The number of esters is 1. The molecule has 6 heteroatoms. The fourth-order valence-corrected chi connectivity index (χ4v) is 3.60. The molecule has 0 amide bonds.